The number of rotatable bonds is 3. The molecule has 0 spiro atoms. The van der Waals surface area contributed by atoms with Gasteiger partial charge < -0.3 is 4.74 Å². The first-order valence-corrected chi connectivity index (χ1v) is 5.83. The number of carbonyl (C=O) groups is 1. The predicted octanol–water partition coefficient (Wildman–Crippen LogP) is 2.86. The second kappa shape index (κ2) is 5.60. The maximum atomic E-state index is 11.2. The summed E-state index contributed by atoms with van der Waals surface area (Å²) >= 11 is 5.93. The quantitative estimate of drug-likeness (QED) is 0.485. The SMILES string of the molecule is CCOC(=O)C=Cc1ccc2c(Cl)ncnc2c1. The molecule has 1 aromatic carbocycles. The van der Waals surface area contributed by atoms with Crippen LogP contribution in [0.2, 0.25) is 5.15 Å². The highest BCUT2D eigenvalue weighted by Crippen LogP contribution is 2.20. The van der Waals surface area contributed by atoms with Gasteiger partial charge in [-0.15, -0.1) is 0 Å². The second-order valence-electron chi connectivity index (χ2n) is 3.53. The third-order valence-electron chi connectivity index (χ3n) is 2.31. The highest BCUT2D eigenvalue weighted by atomic mass is 35.5. The summed E-state index contributed by atoms with van der Waals surface area (Å²) in [6, 6.07) is 5.49. The summed E-state index contributed by atoms with van der Waals surface area (Å²) < 4.78 is 4.80. The molecule has 0 N–H and O–H groups in total. The fourth-order valence-corrected chi connectivity index (χ4v) is 1.70. The Morgan fingerprint density at radius 3 is 3.06 bits per heavy atom. The van der Waals surface area contributed by atoms with Crippen molar-refractivity contribution in [1.82, 2.24) is 9.97 Å². The van der Waals surface area contributed by atoms with Crippen molar-refractivity contribution >= 4 is 34.5 Å². The van der Waals surface area contributed by atoms with Gasteiger partial charge in [0.2, 0.25) is 0 Å². The average Bonchev–Trinajstić information content (AvgIpc) is 2.37. The Balaban J connectivity index is 2.28. The highest BCUT2D eigenvalue weighted by Gasteiger charge is 2.01. The van der Waals surface area contributed by atoms with Crippen molar-refractivity contribution in [2.75, 3.05) is 6.61 Å². The first-order valence-electron chi connectivity index (χ1n) is 5.46. The number of halogens is 1. The summed E-state index contributed by atoms with van der Waals surface area (Å²) in [5, 5.41) is 1.20. The third kappa shape index (κ3) is 2.84. The van der Waals surface area contributed by atoms with Crippen molar-refractivity contribution in [3.63, 3.8) is 0 Å². The molecule has 1 aromatic heterocycles. The van der Waals surface area contributed by atoms with E-state index < -0.39 is 0 Å². The Kier molecular flexibility index (Phi) is 3.89. The van der Waals surface area contributed by atoms with Gasteiger partial charge >= 0.3 is 5.97 Å². The standard InChI is InChI=1S/C13H11ClN2O2/c1-2-18-12(17)6-4-9-3-5-10-11(7-9)15-8-16-13(10)14/h3-8H,2H2,1H3. The van der Waals surface area contributed by atoms with Crippen LogP contribution < -0.4 is 0 Å². The van der Waals surface area contributed by atoms with Gasteiger partial charge in [-0.3, -0.25) is 0 Å². The molecule has 2 aromatic rings. The van der Waals surface area contributed by atoms with Crippen LogP contribution in [0.3, 0.4) is 0 Å². The molecule has 0 bridgehead atoms. The number of nitrogens with zero attached hydrogens (tertiary/aromatic N) is 2. The van der Waals surface area contributed by atoms with E-state index in [4.69, 9.17) is 16.3 Å². The number of carbonyl (C=O) groups excluding carboxylic acids is 1. The zero-order valence-electron chi connectivity index (χ0n) is 9.76. The molecule has 0 fully saturated rings. The van der Waals surface area contributed by atoms with Crippen molar-refractivity contribution in [2.24, 2.45) is 0 Å². The molecule has 0 radical (unpaired) electrons. The predicted molar refractivity (Wildman–Crippen MR) is 70.2 cm³/mol. The lowest BCUT2D eigenvalue weighted by Gasteiger charge is -2.00. The fourth-order valence-electron chi connectivity index (χ4n) is 1.50. The van der Waals surface area contributed by atoms with Gasteiger partial charge in [-0.1, -0.05) is 17.7 Å². The number of fused-ring (bicyclic) bond motifs is 1. The minimum atomic E-state index is -0.363. The summed E-state index contributed by atoms with van der Waals surface area (Å²) in [5.74, 6) is -0.363. The molecule has 0 amide bonds. The van der Waals surface area contributed by atoms with Crippen LogP contribution in [0.1, 0.15) is 12.5 Å². The van der Waals surface area contributed by atoms with Crippen LogP contribution in [0, 0.1) is 0 Å². The molecule has 18 heavy (non-hydrogen) atoms. The van der Waals surface area contributed by atoms with E-state index in [9.17, 15) is 4.79 Å². The number of aromatic nitrogens is 2. The average molecular weight is 263 g/mol. The highest BCUT2D eigenvalue weighted by molar-refractivity contribution is 6.34. The molecule has 0 saturated carbocycles. The Morgan fingerprint density at radius 2 is 2.28 bits per heavy atom. The van der Waals surface area contributed by atoms with E-state index in [2.05, 4.69) is 9.97 Å². The van der Waals surface area contributed by atoms with Crippen LogP contribution in [0.5, 0.6) is 0 Å². The van der Waals surface area contributed by atoms with Crippen molar-refractivity contribution in [3.05, 3.63) is 41.3 Å². The molecule has 92 valence electrons. The van der Waals surface area contributed by atoms with Gasteiger partial charge in [0.15, 0.2) is 0 Å². The maximum absolute atomic E-state index is 11.2. The van der Waals surface area contributed by atoms with Crippen LogP contribution in [-0.4, -0.2) is 22.5 Å². The summed E-state index contributed by atoms with van der Waals surface area (Å²) in [4.78, 5) is 19.2. The number of hydrogen-bond donors (Lipinski definition) is 0. The van der Waals surface area contributed by atoms with Crippen molar-refractivity contribution in [1.29, 1.82) is 0 Å². The number of hydrogen-bond acceptors (Lipinski definition) is 4. The van der Waals surface area contributed by atoms with E-state index in [-0.39, 0.29) is 5.97 Å². The molecular weight excluding hydrogens is 252 g/mol. The number of ether oxygens (including phenoxy) is 1. The van der Waals surface area contributed by atoms with E-state index in [0.29, 0.717) is 11.8 Å². The topological polar surface area (TPSA) is 52.1 Å². The van der Waals surface area contributed by atoms with Crippen LogP contribution in [0.4, 0.5) is 0 Å². The zero-order chi connectivity index (χ0) is 13.0. The first-order chi connectivity index (χ1) is 8.70. The lowest BCUT2D eigenvalue weighted by molar-refractivity contribution is -0.137. The Morgan fingerprint density at radius 1 is 1.44 bits per heavy atom. The van der Waals surface area contributed by atoms with Gasteiger partial charge in [-0.05, 0) is 30.7 Å². The molecule has 2 rings (SSSR count). The minimum absolute atomic E-state index is 0.363. The van der Waals surface area contributed by atoms with Crippen LogP contribution in [0.15, 0.2) is 30.6 Å². The molecule has 4 nitrogen and oxygen atoms in total. The van der Waals surface area contributed by atoms with E-state index >= 15 is 0 Å². The second-order valence-corrected chi connectivity index (χ2v) is 3.88. The summed E-state index contributed by atoms with van der Waals surface area (Å²) in [6.45, 7) is 2.13. The molecule has 5 heteroatoms. The van der Waals surface area contributed by atoms with E-state index in [0.717, 1.165) is 16.5 Å². The van der Waals surface area contributed by atoms with Gasteiger partial charge in [0.1, 0.15) is 11.5 Å². The lowest BCUT2D eigenvalue weighted by atomic mass is 10.1. The first kappa shape index (κ1) is 12.5. The fraction of sp³-hybridized carbons (Fsp3) is 0.154. The largest absolute Gasteiger partial charge is 0.463 e. The molecule has 0 saturated heterocycles. The van der Waals surface area contributed by atoms with E-state index in [1.807, 2.05) is 18.2 Å². The summed E-state index contributed by atoms with van der Waals surface area (Å²) in [5.41, 5.74) is 1.59. The van der Waals surface area contributed by atoms with E-state index in [1.54, 1.807) is 13.0 Å². The van der Waals surface area contributed by atoms with Gasteiger partial charge in [0.05, 0.1) is 12.1 Å². The normalized spacial score (nSPS) is 11.0. The minimum Gasteiger partial charge on any atom is -0.463 e. The molecule has 0 aliphatic rings. The molecule has 1 heterocycles. The monoisotopic (exact) mass is 262 g/mol. The van der Waals surface area contributed by atoms with Gasteiger partial charge in [-0.25, -0.2) is 14.8 Å². The van der Waals surface area contributed by atoms with Gasteiger partial charge in [-0.2, -0.15) is 0 Å². The Bertz CT molecular complexity index is 611. The number of esters is 1. The molecular formula is C13H11ClN2O2. The van der Waals surface area contributed by atoms with Crippen molar-refractivity contribution in [3.8, 4) is 0 Å². The Hall–Kier alpha value is -1.94. The van der Waals surface area contributed by atoms with Crippen LogP contribution in [0.25, 0.3) is 17.0 Å². The van der Waals surface area contributed by atoms with Gasteiger partial charge in [0, 0.05) is 11.5 Å². The summed E-state index contributed by atoms with van der Waals surface area (Å²) in [6.07, 6.45) is 4.46. The lowest BCUT2D eigenvalue weighted by Crippen LogP contribution is -1.98. The van der Waals surface area contributed by atoms with Gasteiger partial charge in [0.25, 0.3) is 0 Å². The molecule has 0 unspecified atom stereocenters. The molecule has 0 aliphatic carbocycles. The van der Waals surface area contributed by atoms with Crippen molar-refractivity contribution in [2.45, 2.75) is 6.92 Å². The Labute approximate surface area is 109 Å². The maximum Gasteiger partial charge on any atom is 0.330 e. The molecule has 0 aliphatic heterocycles. The molecule has 0 atom stereocenters. The smallest absolute Gasteiger partial charge is 0.330 e. The van der Waals surface area contributed by atoms with Crippen LogP contribution in [-0.2, 0) is 9.53 Å². The van der Waals surface area contributed by atoms with E-state index in [1.165, 1.54) is 12.4 Å². The zero-order valence-corrected chi connectivity index (χ0v) is 10.5. The van der Waals surface area contributed by atoms with Crippen LogP contribution >= 0.6 is 11.6 Å². The number of benzene rings is 1. The van der Waals surface area contributed by atoms with Crippen molar-refractivity contribution < 1.29 is 9.53 Å². The summed E-state index contributed by atoms with van der Waals surface area (Å²) in [7, 11) is 0. The third-order valence-corrected chi connectivity index (χ3v) is 2.61.